The van der Waals surface area contributed by atoms with Crippen LogP contribution in [0.1, 0.15) is 0 Å². The average molecular weight is 296 g/mol. The van der Waals surface area contributed by atoms with Crippen LogP contribution in [0.4, 0.5) is 0 Å². The number of rotatable bonds is 4. The molecule has 15 heavy (non-hydrogen) atoms. The van der Waals surface area contributed by atoms with Crippen molar-refractivity contribution in [1.82, 2.24) is 0 Å². The van der Waals surface area contributed by atoms with Crippen molar-refractivity contribution < 1.29 is 14.4 Å². The van der Waals surface area contributed by atoms with Crippen LogP contribution in [0.15, 0.2) is 0 Å². The molecule has 3 N–H and O–H groups in total. The lowest BCUT2D eigenvalue weighted by Gasteiger charge is -2.51. The van der Waals surface area contributed by atoms with Gasteiger partial charge < -0.3 is 14.4 Å². The zero-order valence-corrected chi connectivity index (χ0v) is 15.5. The highest BCUT2D eigenvalue weighted by molar-refractivity contribution is 7.87. The monoisotopic (exact) mass is 295 g/mol. The molecule has 3 nitrogen and oxygen atoms in total. The van der Waals surface area contributed by atoms with Crippen molar-refractivity contribution in [2.45, 2.75) is 44.9 Å². The number of hydrogen-bond acceptors (Lipinski definition) is 3. The first kappa shape index (κ1) is 16.0. The average Bonchev–Trinajstić information content (AvgIpc) is 1.76. The highest BCUT2D eigenvalue weighted by atomic mass is 29.9. The molecule has 0 saturated heterocycles. The molecule has 8 heteroatoms. The van der Waals surface area contributed by atoms with Gasteiger partial charge in [-0.3, -0.25) is 0 Å². The summed E-state index contributed by atoms with van der Waals surface area (Å²) in [4.78, 5) is 31.6. The lowest BCUT2D eigenvalue weighted by Crippen LogP contribution is -2.85. The van der Waals surface area contributed by atoms with E-state index >= 15 is 0 Å². The van der Waals surface area contributed by atoms with Gasteiger partial charge in [-0.15, -0.1) is 0 Å². The fourth-order valence-corrected chi connectivity index (χ4v) is 78.2. The van der Waals surface area contributed by atoms with Crippen molar-refractivity contribution in [2.24, 2.45) is 0 Å². The van der Waals surface area contributed by atoms with Gasteiger partial charge in [0.05, 0.1) is 0 Å². The molecule has 0 aliphatic rings. The second-order valence-corrected chi connectivity index (χ2v) is 41.5. The fourth-order valence-electron chi connectivity index (χ4n) is 2.89. The summed E-state index contributed by atoms with van der Waals surface area (Å²) in [5.41, 5.74) is 0.619. The topological polar surface area (TPSA) is 60.7 Å². The maximum absolute atomic E-state index is 10.5. The Bertz CT molecular complexity index is 188. The third-order valence-corrected chi connectivity index (χ3v) is 68.4. The van der Waals surface area contributed by atoms with Crippen molar-refractivity contribution in [3.05, 3.63) is 0 Å². The predicted octanol–water partition coefficient (Wildman–Crippen LogP) is 0.389. The van der Waals surface area contributed by atoms with E-state index in [1.807, 2.05) is 39.3 Å². The summed E-state index contributed by atoms with van der Waals surface area (Å²) in [6.07, 6.45) is 0. The van der Waals surface area contributed by atoms with Crippen molar-refractivity contribution in [2.75, 3.05) is 0 Å². The Labute approximate surface area is 99.7 Å². The third kappa shape index (κ3) is 2.62. The zero-order chi connectivity index (χ0) is 12.7. The molecular formula is C7H23O3Si5. The second-order valence-electron chi connectivity index (χ2n) is 5.76. The maximum atomic E-state index is 10.5. The molecule has 0 aromatic carbocycles. The molecule has 0 aliphatic heterocycles. The van der Waals surface area contributed by atoms with Crippen molar-refractivity contribution >= 4 is 40.4 Å². The first-order chi connectivity index (χ1) is 6.31. The van der Waals surface area contributed by atoms with E-state index in [-0.39, 0.29) is 0 Å². The summed E-state index contributed by atoms with van der Waals surface area (Å²) in [5, 5.41) is 0. The van der Waals surface area contributed by atoms with Gasteiger partial charge in [0.15, 0.2) is 23.5 Å². The van der Waals surface area contributed by atoms with Crippen LogP contribution in [0.3, 0.4) is 0 Å². The molecule has 0 aromatic rings. The molecule has 0 bridgehead atoms. The minimum atomic E-state index is -2.49. The minimum absolute atomic E-state index is 0.619. The summed E-state index contributed by atoms with van der Waals surface area (Å²) in [5.74, 6) is 0. The molecule has 0 fully saturated rings. The van der Waals surface area contributed by atoms with Crippen LogP contribution < -0.4 is 0 Å². The third-order valence-electron chi connectivity index (χ3n) is 3.40. The van der Waals surface area contributed by atoms with Crippen LogP contribution in [0.5, 0.6) is 0 Å². The maximum Gasteiger partial charge on any atom is 0.170 e. The largest absolute Gasteiger partial charge is 0.435 e. The van der Waals surface area contributed by atoms with E-state index in [1.54, 1.807) is 0 Å². The normalized spacial score (nSPS) is 15.6. The molecule has 0 unspecified atom stereocenters. The molecule has 0 rings (SSSR count). The highest BCUT2D eigenvalue weighted by Crippen LogP contribution is 2.35. The quantitative estimate of drug-likeness (QED) is 0.658. The molecule has 0 saturated carbocycles. The second kappa shape index (κ2) is 4.33. The van der Waals surface area contributed by atoms with Crippen molar-refractivity contribution in [3.63, 3.8) is 0 Å². The molecule has 89 valence electrons. The Morgan fingerprint density at radius 1 is 0.733 bits per heavy atom. The fraction of sp³-hybridized carbons (Fsp3) is 1.00. The summed E-state index contributed by atoms with van der Waals surface area (Å²) in [7, 11) is -3.96. The molecule has 3 radical (unpaired) electrons. The van der Waals surface area contributed by atoms with Gasteiger partial charge in [-0.05, 0) is 39.3 Å². The van der Waals surface area contributed by atoms with Gasteiger partial charge in [-0.25, -0.2) is 0 Å². The van der Waals surface area contributed by atoms with Crippen LogP contribution in [0.2, 0.25) is 44.9 Å². The minimum Gasteiger partial charge on any atom is -0.435 e. The SMILES string of the molecule is C[Si](C)(O)[Si](C[Si])([Si](C)(C)O)[Si](C)(C)O. The van der Waals surface area contributed by atoms with Gasteiger partial charge in [0.25, 0.3) is 0 Å². The molecule has 0 spiro atoms. The van der Waals surface area contributed by atoms with Crippen LogP contribution in [-0.4, -0.2) is 54.8 Å². The molecule has 0 aromatic heterocycles. The summed E-state index contributed by atoms with van der Waals surface area (Å²) in [6.45, 7) is 8.84. The molecule has 0 aliphatic carbocycles. The lowest BCUT2D eigenvalue weighted by atomic mass is 11.9. The van der Waals surface area contributed by atoms with E-state index in [1.165, 1.54) is 0 Å². The van der Waals surface area contributed by atoms with E-state index in [9.17, 15) is 14.4 Å². The highest BCUT2D eigenvalue weighted by Gasteiger charge is 2.66. The van der Waals surface area contributed by atoms with Gasteiger partial charge >= 0.3 is 0 Å². The Morgan fingerprint density at radius 2 is 0.933 bits per heavy atom. The van der Waals surface area contributed by atoms with Gasteiger partial charge in [0, 0.05) is 10.2 Å². The first-order valence-corrected chi connectivity index (χ1v) is 19.9. The van der Waals surface area contributed by atoms with Gasteiger partial charge in [0.2, 0.25) is 0 Å². The number of hydrogen-bond donors (Lipinski definition) is 3. The Kier molecular flexibility index (Phi) is 4.61. The van der Waals surface area contributed by atoms with Crippen LogP contribution >= 0.6 is 0 Å². The van der Waals surface area contributed by atoms with E-state index < -0.39 is 30.1 Å². The van der Waals surface area contributed by atoms with Crippen molar-refractivity contribution in [1.29, 1.82) is 0 Å². The van der Waals surface area contributed by atoms with E-state index in [0.29, 0.717) is 5.67 Å². The van der Waals surface area contributed by atoms with Gasteiger partial charge in [0.1, 0.15) is 6.63 Å². The standard InChI is InChI=1S/C7H23O3Si5/c1-12(2,8)15(7-11,13(3,4)9)14(5,6)10/h8-10H,7H2,1-6H3. The predicted molar refractivity (Wildman–Crippen MR) is 75.4 cm³/mol. The van der Waals surface area contributed by atoms with E-state index in [2.05, 4.69) is 10.2 Å². The summed E-state index contributed by atoms with van der Waals surface area (Å²) < 4.78 is 0. The van der Waals surface area contributed by atoms with Gasteiger partial charge in [-0.2, -0.15) is 0 Å². The lowest BCUT2D eigenvalue weighted by molar-refractivity contribution is 0.551. The van der Waals surface area contributed by atoms with Gasteiger partial charge in [-0.1, -0.05) is 5.67 Å². The smallest absolute Gasteiger partial charge is 0.170 e. The Hall–Kier alpha value is 0.964. The molecule has 0 heterocycles. The van der Waals surface area contributed by atoms with Crippen LogP contribution in [0.25, 0.3) is 0 Å². The molecule has 0 atom stereocenters. The Balaban J connectivity index is 5.78. The summed E-state index contributed by atoms with van der Waals surface area (Å²) >= 11 is 0. The van der Waals surface area contributed by atoms with Crippen molar-refractivity contribution in [3.8, 4) is 0 Å². The first-order valence-electron chi connectivity index (χ1n) is 5.13. The van der Waals surface area contributed by atoms with Crippen LogP contribution in [0, 0.1) is 0 Å². The van der Waals surface area contributed by atoms with E-state index in [0.717, 1.165) is 0 Å². The molecular weight excluding hydrogens is 273 g/mol. The van der Waals surface area contributed by atoms with E-state index in [4.69, 9.17) is 0 Å². The van der Waals surface area contributed by atoms with Crippen LogP contribution in [-0.2, 0) is 0 Å². The zero-order valence-electron chi connectivity index (χ0n) is 10.5. The molecule has 0 amide bonds. The Morgan fingerprint density at radius 3 is 0.933 bits per heavy atom. The summed E-state index contributed by atoms with van der Waals surface area (Å²) in [6, 6.07) is 0.